The van der Waals surface area contributed by atoms with Crippen LogP contribution in [0.15, 0.2) is 0 Å². The van der Waals surface area contributed by atoms with E-state index in [1.807, 2.05) is 0 Å². The quantitative estimate of drug-likeness (QED) is 0.579. The number of nitrogens with one attached hydrogen (secondary N) is 1. The minimum Gasteiger partial charge on any atom is -0.317 e. The molecule has 0 aliphatic rings. The highest BCUT2D eigenvalue weighted by atomic mass is 16.1. The summed E-state index contributed by atoms with van der Waals surface area (Å²) in [5.41, 5.74) is 0. The van der Waals surface area contributed by atoms with Gasteiger partial charge in [-0.2, -0.15) is 0 Å². The van der Waals surface area contributed by atoms with E-state index in [9.17, 15) is 4.79 Å². The molecule has 0 aromatic carbocycles. The highest BCUT2D eigenvalue weighted by molar-refractivity contribution is 5.72. The van der Waals surface area contributed by atoms with Gasteiger partial charge in [-0.25, -0.2) is 0 Å². The van der Waals surface area contributed by atoms with Crippen LogP contribution in [0.25, 0.3) is 0 Å². The monoisotopic (exact) mass is 243 g/mol. The Hall–Kier alpha value is -0.370. The molecule has 104 valence electrons. The molecule has 0 unspecified atom stereocenters. The Morgan fingerprint density at radius 1 is 0.765 bits per heavy atom. The van der Waals surface area contributed by atoms with E-state index in [0.29, 0.717) is 0 Å². The van der Waals surface area contributed by atoms with Crippen molar-refractivity contribution in [1.82, 2.24) is 5.32 Å². The average molecular weight is 243 g/mol. The lowest BCUT2D eigenvalue weighted by Crippen LogP contribution is -2.16. The van der Waals surface area contributed by atoms with Crippen LogP contribution in [0.2, 0.25) is 0 Å². The number of Topliss-reactive ketones (excluding diaryl/α,β-unsaturated/α-hetero) is 1. The maximum absolute atomic E-state index is 9.44. The van der Waals surface area contributed by atoms with Crippen molar-refractivity contribution >= 4 is 5.78 Å². The van der Waals surface area contributed by atoms with Crippen LogP contribution in [-0.4, -0.2) is 18.9 Å². The number of hydrogen-bond acceptors (Lipinski definition) is 2. The fourth-order valence-electron chi connectivity index (χ4n) is 1.48. The number of unbranched alkanes of at least 4 members (excludes halogenated alkanes) is 6. The van der Waals surface area contributed by atoms with Crippen molar-refractivity contribution < 1.29 is 4.79 Å². The van der Waals surface area contributed by atoms with E-state index in [1.165, 1.54) is 78.3 Å². The molecule has 2 heteroatoms. The van der Waals surface area contributed by atoms with E-state index in [0.717, 1.165) is 0 Å². The smallest absolute Gasteiger partial charge is 0.126 e. The van der Waals surface area contributed by atoms with Crippen LogP contribution in [0.5, 0.6) is 0 Å². The Kier molecular flexibility index (Phi) is 20.1. The molecule has 0 radical (unpaired) electrons. The number of ketones is 1. The molecular weight excluding hydrogens is 210 g/mol. The summed E-state index contributed by atoms with van der Waals surface area (Å²) in [6.07, 6.45) is 11.0. The standard InChI is InChI=1S/C12H27N.C3H6O/c1-3-5-7-9-11-13-12-10-8-6-4-2;1-3(2)4/h13H,3-12H2,1-2H3;1-2H3. The van der Waals surface area contributed by atoms with Gasteiger partial charge in [-0.15, -0.1) is 0 Å². The zero-order valence-corrected chi connectivity index (χ0v) is 12.5. The highest BCUT2D eigenvalue weighted by Crippen LogP contribution is 1.98. The largest absolute Gasteiger partial charge is 0.317 e. The van der Waals surface area contributed by atoms with Crippen molar-refractivity contribution in [2.75, 3.05) is 13.1 Å². The predicted octanol–water partition coefficient (Wildman–Crippen LogP) is 4.33. The van der Waals surface area contributed by atoms with Gasteiger partial charge in [0.1, 0.15) is 5.78 Å². The Morgan fingerprint density at radius 3 is 1.41 bits per heavy atom. The average Bonchev–Trinajstić information content (AvgIpc) is 2.26. The molecule has 0 aromatic rings. The van der Waals surface area contributed by atoms with Crippen LogP contribution in [0.3, 0.4) is 0 Å². The van der Waals surface area contributed by atoms with Crippen molar-refractivity contribution in [3.05, 3.63) is 0 Å². The molecule has 0 spiro atoms. The first kappa shape index (κ1) is 19.0. The van der Waals surface area contributed by atoms with Gasteiger partial charge in [0.15, 0.2) is 0 Å². The van der Waals surface area contributed by atoms with Crippen molar-refractivity contribution in [2.45, 2.75) is 79.1 Å². The summed E-state index contributed by atoms with van der Waals surface area (Å²) in [7, 11) is 0. The maximum atomic E-state index is 9.44. The minimum absolute atomic E-state index is 0.167. The molecule has 2 nitrogen and oxygen atoms in total. The third-order valence-corrected chi connectivity index (χ3v) is 2.41. The van der Waals surface area contributed by atoms with Crippen LogP contribution in [0.4, 0.5) is 0 Å². The molecule has 0 aliphatic heterocycles. The topological polar surface area (TPSA) is 29.1 Å². The molecule has 0 saturated carbocycles. The number of carbonyl (C=O) groups excluding carboxylic acids is 1. The summed E-state index contributed by atoms with van der Waals surface area (Å²) in [5, 5.41) is 3.50. The number of rotatable bonds is 10. The van der Waals surface area contributed by atoms with E-state index >= 15 is 0 Å². The Balaban J connectivity index is 0. The first-order chi connectivity index (χ1) is 8.15. The molecule has 0 fully saturated rings. The molecule has 1 N–H and O–H groups in total. The van der Waals surface area contributed by atoms with Crippen molar-refractivity contribution in [3.8, 4) is 0 Å². The van der Waals surface area contributed by atoms with Gasteiger partial charge in [0, 0.05) is 0 Å². The molecule has 0 bridgehead atoms. The van der Waals surface area contributed by atoms with Crippen LogP contribution in [-0.2, 0) is 4.79 Å². The summed E-state index contributed by atoms with van der Waals surface area (Å²) in [4.78, 5) is 9.44. The van der Waals surface area contributed by atoms with E-state index in [2.05, 4.69) is 19.2 Å². The van der Waals surface area contributed by atoms with Crippen LogP contribution in [0, 0.1) is 0 Å². The van der Waals surface area contributed by atoms with E-state index in [4.69, 9.17) is 0 Å². The number of hydrogen-bond donors (Lipinski definition) is 1. The summed E-state index contributed by atoms with van der Waals surface area (Å²) in [5.74, 6) is 0.167. The second-order valence-electron chi connectivity index (χ2n) is 4.78. The minimum atomic E-state index is 0.167. The Labute approximate surface area is 109 Å². The van der Waals surface area contributed by atoms with Crippen molar-refractivity contribution in [2.24, 2.45) is 0 Å². The molecule has 0 amide bonds. The molecule has 0 saturated heterocycles. The fourth-order valence-corrected chi connectivity index (χ4v) is 1.48. The van der Waals surface area contributed by atoms with Gasteiger partial charge in [0.25, 0.3) is 0 Å². The van der Waals surface area contributed by atoms with Gasteiger partial charge in [0.05, 0.1) is 0 Å². The van der Waals surface area contributed by atoms with E-state index < -0.39 is 0 Å². The molecule has 0 heterocycles. The van der Waals surface area contributed by atoms with E-state index in [1.54, 1.807) is 0 Å². The van der Waals surface area contributed by atoms with Crippen LogP contribution >= 0.6 is 0 Å². The second kappa shape index (κ2) is 18.0. The van der Waals surface area contributed by atoms with Gasteiger partial charge in [-0.05, 0) is 39.8 Å². The van der Waals surface area contributed by atoms with Crippen LogP contribution < -0.4 is 5.32 Å². The van der Waals surface area contributed by atoms with Crippen LogP contribution in [0.1, 0.15) is 79.1 Å². The van der Waals surface area contributed by atoms with E-state index in [-0.39, 0.29) is 5.78 Å². The summed E-state index contributed by atoms with van der Waals surface area (Å²) in [6, 6.07) is 0. The van der Waals surface area contributed by atoms with Gasteiger partial charge in [-0.3, -0.25) is 0 Å². The zero-order chi connectivity index (χ0) is 13.4. The summed E-state index contributed by atoms with van der Waals surface area (Å²) >= 11 is 0. The molecular formula is C15H33NO. The predicted molar refractivity (Wildman–Crippen MR) is 77.5 cm³/mol. The highest BCUT2D eigenvalue weighted by Gasteiger charge is 1.89. The van der Waals surface area contributed by atoms with Gasteiger partial charge >= 0.3 is 0 Å². The maximum Gasteiger partial charge on any atom is 0.126 e. The summed E-state index contributed by atoms with van der Waals surface area (Å²) < 4.78 is 0. The van der Waals surface area contributed by atoms with Crippen molar-refractivity contribution in [3.63, 3.8) is 0 Å². The Morgan fingerprint density at radius 2 is 1.12 bits per heavy atom. The Bertz CT molecular complexity index is 132. The molecule has 0 aliphatic carbocycles. The first-order valence-corrected chi connectivity index (χ1v) is 7.33. The molecule has 0 atom stereocenters. The fraction of sp³-hybridized carbons (Fsp3) is 0.933. The lowest BCUT2D eigenvalue weighted by molar-refractivity contribution is -0.114. The van der Waals surface area contributed by atoms with Gasteiger partial charge < -0.3 is 10.1 Å². The summed E-state index contributed by atoms with van der Waals surface area (Å²) in [6.45, 7) is 10.0. The first-order valence-electron chi connectivity index (χ1n) is 7.33. The molecule has 17 heavy (non-hydrogen) atoms. The lowest BCUT2D eigenvalue weighted by atomic mass is 10.2. The van der Waals surface area contributed by atoms with Crippen molar-refractivity contribution in [1.29, 1.82) is 0 Å². The SMILES string of the molecule is CC(C)=O.CCCCCCNCCCCCC. The van der Waals surface area contributed by atoms with Gasteiger partial charge in [-0.1, -0.05) is 52.4 Å². The third-order valence-electron chi connectivity index (χ3n) is 2.41. The third kappa shape index (κ3) is 31.3. The number of carbonyl (C=O) groups is 1. The molecule has 0 rings (SSSR count). The second-order valence-corrected chi connectivity index (χ2v) is 4.78. The molecule has 0 aromatic heterocycles. The normalized spacial score (nSPS) is 9.65. The van der Waals surface area contributed by atoms with Gasteiger partial charge in [0.2, 0.25) is 0 Å². The zero-order valence-electron chi connectivity index (χ0n) is 12.5. The lowest BCUT2D eigenvalue weighted by Gasteiger charge is -2.03.